The smallest absolute Gasteiger partial charge is 0.337 e. The van der Waals surface area contributed by atoms with Crippen LogP contribution in [0.3, 0.4) is 0 Å². The number of fused-ring (bicyclic) bond motifs is 1. The average molecular weight is 248 g/mol. The minimum Gasteiger partial charge on any atom is -0.469 e. The van der Waals surface area contributed by atoms with Crippen molar-refractivity contribution in [2.45, 2.75) is 19.3 Å². The van der Waals surface area contributed by atoms with Gasteiger partial charge in [-0.1, -0.05) is 6.07 Å². The normalized spacial score (nSPS) is 17.8. The lowest BCUT2D eigenvalue weighted by atomic mass is 9.83. The molecule has 0 saturated heterocycles. The van der Waals surface area contributed by atoms with E-state index >= 15 is 0 Å². The third-order valence-corrected chi connectivity index (χ3v) is 3.39. The molecular weight excluding hydrogens is 232 g/mol. The van der Waals surface area contributed by atoms with Crippen LogP contribution in [-0.4, -0.2) is 26.2 Å². The molecule has 4 heteroatoms. The van der Waals surface area contributed by atoms with E-state index in [9.17, 15) is 9.59 Å². The van der Waals surface area contributed by atoms with Crippen LogP contribution in [0.25, 0.3) is 0 Å². The Balaban J connectivity index is 2.24. The van der Waals surface area contributed by atoms with Crippen LogP contribution in [0, 0.1) is 5.92 Å². The molecule has 18 heavy (non-hydrogen) atoms. The average Bonchev–Trinajstić information content (AvgIpc) is 2.44. The van der Waals surface area contributed by atoms with E-state index in [1.54, 1.807) is 6.07 Å². The SMILES string of the molecule is COC(=O)c1ccc2c(c1)CC(C(=O)OC)CC2. The van der Waals surface area contributed by atoms with Crippen LogP contribution in [-0.2, 0) is 27.1 Å². The van der Waals surface area contributed by atoms with Gasteiger partial charge in [0.25, 0.3) is 0 Å². The summed E-state index contributed by atoms with van der Waals surface area (Å²) in [6.45, 7) is 0. The zero-order valence-electron chi connectivity index (χ0n) is 10.6. The van der Waals surface area contributed by atoms with Crippen molar-refractivity contribution in [2.75, 3.05) is 14.2 Å². The number of esters is 2. The molecule has 1 unspecified atom stereocenters. The Labute approximate surface area is 106 Å². The molecule has 0 aromatic heterocycles. The van der Waals surface area contributed by atoms with Crippen LogP contribution in [0.15, 0.2) is 18.2 Å². The molecule has 0 amide bonds. The summed E-state index contributed by atoms with van der Waals surface area (Å²) >= 11 is 0. The molecule has 4 nitrogen and oxygen atoms in total. The monoisotopic (exact) mass is 248 g/mol. The predicted molar refractivity (Wildman–Crippen MR) is 65.3 cm³/mol. The van der Waals surface area contributed by atoms with Crippen LogP contribution < -0.4 is 0 Å². The van der Waals surface area contributed by atoms with Crippen molar-refractivity contribution in [1.82, 2.24) is 0 Å². The summed E-state index contributed by atoms with van der Waals surface area (Å²) in [7, 11) is 2.77. The zero-order chi connectivity index (χ0) is 13.1. The number of aryl methyl sites for hydroxylation is 1. The Bertz CT molecular complexity index is 479. The molecule has 0 saturated carbocycles. The fraction of sp³-hybridized carbons (Fsp3) is 0.429. The van der Waals surface area contributed by atoms with E-state index in [1.165, 1.54) is 19.8 Å². The van der Waals surface area contributed by atoms with Gasteiger partial charge < -0.3 is 9.47 Å². The lowest BCUT2D eigenvalue weighted by molar-refractivity contribution is -0.145. The van der Waals surface area contributed by atoms with Crippen molar-refractivity contribution in [3.63, 3.8) is 0 Å². The molecule has 1 aromatic rings. The Morgan fingerprint density at radius 1 is 1.17 bits per heavy atom. The second-order valence-corrected chi connectivity index (χ2v) is 4.44. The van der Waals surface area contributed by atoms with Gasteiger partial charge in [0.05, 0.1) is 25.7 Å². The largest absolute Gasteiger partial charge is 0.469 e. The third-order valence-electron chi connectivity index (χ3n) is 3.39. The Hall–Kier alpha value is -1.84. The summed E-state index contributed by atoms with van der Waals surface area (Å²) in [5, 5.41) is 0. The lowest BCUT2D eigenvalue weighted by Crippen LogP contribution is -2.24. The summed E-state index contributed by atoms with van der Waals surface area (Å²) in [5.41, 5.74) is 2.77. The lowest BCUT2D eigenvalue weighted by Gasteiger charge is -2.23. The van der Waals surface area contributed by atoms with E-state index in [1.807, 2.05) is 12.1 Å². The standard InChI is InChI=1S/C14H16O4/c1-17-13(15)10-5-3-9-4-6-11(14(16)18-2)8-12(9)7-10/h3,5,7,11H,4,6,8H2,1-2H3. The molecule has 1 aliphatic rings. The number of hydrogen-bond donors (Lipinski definition) is 0. The van der Waals surface area contributed by atoms with Gasteiger partial charge >= 0.3 is 11.9 Å². The highest BCUT2D eigenvalue weighted by atomic mass is 16.5. The second-order valence-electron chi connectivity index (χ2n) is 4.44. The van der Waals surface area contributed by atoms with Gasteiger partial charge in [-0.15, -0.1) is 0 Å². The van der Waals surface area contributed by atoms with Gasteiger partial charge in [-0.3, -0.25) is 4.79 Å². The first-order valence-electron chi connectivity index (χ1n) is 5.93. The van der Waals surface area contributed by atoms with Gasteiger partial charge in [-0.2, -0.15) is 0 Å². The number of carbonyl (C=O) groups is 2. The number of rotatable bonds is 2. The van der Waals surface area contributed by atoms with E-state index in [2.05, 4.69) is 0 Å². The topological polar surface area (TPSA) is 52.6 Å². The highest BCUT2D eigenvalue weighted by Crippen LogP contribution is 2.27. The highest BCUT2D eigenvalue weighted by molar-refractivity contribution is 5.89. The molecule has 2 rings (SSSR count). The molecule has 1 aromatic carbocycles. The summed E-state index contributed by atoms with van der Waals surface area (Å²) < 4.78 is 9.47. The number of hydrogen-bond acceptors (Lipinski definition) is 4. The molecule has 0 bridgehead atoms. The maximum absolute atomic E-state index is 11.5. The fourth-order valence-electron chi connectivity index (χ4n) is 2.37. The van der Waals surface area contributed by atoms with Gasteiger partial charge in [-0.05, 0) is 42.5 Å². The van der Waals surface area contributed by atoms with Crippen LogP contribution in [0.1, 0.15) is 27.9 Å². The van der Waals surface area contributed by atoms with Crippen LogP contribution >= 0.6 is 0 Å². The molecule has 1 aliphatic carbocycles. The van der Waals surface area contributed by atoms with Gasteiger partial charge in [0, 0.05) is 0 Å². The Kier molecular flexibility index (Phi) is 3.65. The number of benzene rings is 1. The highest BCUT2D eigenvalue weighted by Gasteiger charge is 2.25. The van der Waals surface area contributed by atoms with Crippen LogP contribution in [0.5, 0.6) is 0 Å². The summed E-state index contributed by atoms with van der Waals surface area (Å²) in [4.78, 5) is 23.0. The van der Waals surface area contributed by atoms with E-state index in [0.29, 0.717) is 12.0 Å². The quantitative estimate of drug-likeness (QED) is 0.748. The summed E-state index contributed by atoms with van der Waals surface area (Å²) in [6, 6.07) is 5.52. The van der Waals surface area contributed by atoms with Crippen molar-refractivity contribution in [2.24, 2.45) is 5.92 Å². The molecule has 0 spiro atoms. The Morgan fingerprint density at radius 3 is 2.61 bits per heavy atom. The predicted octanol–water partition coefficient (Wildman–Crippen LogP) is 1.75. The maximum atomic E-state index is 11.5. The van der Waals surface area contributed by atoms with Crippen LogP contribution in [0.4, 0.5) is 0 Å². The van der Waals surface area contributed by atoms with Gasteiger partial charge in [-0.25, -0.2) is 4.79 Å². The van der Waals surface area contributed by atoms with Crippen LogP contribution in [0.2, 0.25) is 0 Å². The van der Waals surface area contributed by atoms with E-state index in [4.69, 9.17) is 9.47 Å². The second kappa shape index (κ2) is 5.21. The van der Waals surface area contributed by atoms with E-state index in [-0.39, 0.29) is 17.9 Å². The molecule has 0 heterocycles. The van der Waals surface area contributed by atoms with Crippen molar-refractivity contribution >= 4 is 11.9 Å². The molecule has 96 valence electrons. The number of carbonyl (C=O) groups excluding carboxylic acids is 2. The maximum Gasteiger partial charge on any atom is 0.337 e. The van der Waals surface area contributed by atoms with Crippen molar-refractivity contribution in [3.8, 4) is 0 Å². The zero-order valence-corrected chi connectivity index (χ0v) is 10.6. The number of methoxy groups -OCH3 is 2. The minimum absolute atomic E-state index is 0.101. The fourth-order valence-corrected chi connectivity index (χ4v) is 2.37. The summed E-state index contributed by atoms with van der Waals surface area (Å²) in [6.07, 6.45) is 2.28. The Morgan fingerprint density at radius 2 is 1.94 bits per heavy atom. The van der Waals surface area contributed by atoms with Gasteiger partial charge in [0.2, 0.25) is 0 Å². The molecule has 0 radical (unpaired) electrons. The number of ether oxygens (including phenoxy) is 2. The van der Waals surface area contributed by atoms with Crippen molar-refractivity contribution < 1.29 is 19.1 Å². The van der Waals surface area contributed by atoms with E-state index < -0.39 is 0 Å². The molecule has 1 atom stereocenters. The van der Waals surface area contributed by atoms with Gasteiger partial charge in [0.1, 0.15) is 0 Å². The first kappa shape index (κ1) is 12.6. The summed E-state index contributed by atoms with van der Waals surface area (Å²) in [5.74, 6) is -0.627. The molecular formula is C14H16O4. The molecule has 0 aliphatic heterocycles. The molecule has 0 fully saturated rings. The first-order valence-corrected chi connectivity index (χ1v) is 5.93. The minimum atomic E-state index is -0.349. The van der Waals surface area contributed by atoms with Crippen molar-refractivity contribution in [3.05, 3.63) is 34.9 Å². The first-order chi connectivity index (χ1) is 8.65. The third kappa shape index (κ3) is 2.37. The molecule has 0 N–H and O–H groups in total. The van der Waals surface area contributed by atoms with E-state index in [0.717, 1.165) is 18.4 Å². The van der Waals surface area contributed by atoms with Gasteiger partial charge in [0.15, 0.2) is 0 Å². The van der Waals surface area contributed by atoms with Crippen molar-refractivity contribution in [1.29, 1.82) is 0 Å².